The van der Waals surface area contributed by atoms with Gasteiger partial charge in [-0.2, -0.15) is 0 Å². The van der Waals surface area contributed by atoms with E-state index < -0.39 is 0 Å². The predicted octanol–water partition coefficient (Wildman–Crippen LogP) is 1.88. The highest BCUT2D eigenvalue weighted by atomic mass is 16.5. The summed E-state index contributed by atoms with van der Waals surface area (Å²) in [5.41, 5.74) is 0. The Bertz CT molecular complexity index is 210. The second-order valence-corrected chi connectivity index (χ2v) is 5.53. The third-order valence-corrected chi connectivity index (χ3v) is 4.40. The number of ether oxygens (including phenoxy) is 1. The Morgan fingerprint density at radius 3 is 2.94 bits per heavy atom. The minimum Gasteiger partial charge on any atom is -0.385 e. The normalized spacial score (nSPS) is 29.5. The topological polar surface area (TPSA) is 24.5 Å². The molecular formula is C14H28N2O. The molecule has 3 nitrogen and oxygen atoms in total. The Morgan fingerprint density at radius 1 is 1.18 bits per heavy atom. The number of rotatable bonds is 7. The van der Waals surface area contributed by atoms with Crippen molar-refractivity contribution in [1.82, 2.24) is 10.2 Å². The third-order valence-electron chi connectivity index (χ3n) is 4.40. The Balaban J connectivity index is 1.56. The lowest BCUT2D eigenvalue weighted by atomic mass is 9.85. The molecule has 2 fully saturated rings. The first-order chi connectivity index (χ1) is 8.42. The van der Waals surface area contributed by atoms with Crippen LogP contribution in [0.4, 0.5) is 0 Å². The molecule has 100 valence electrons. The van der Waals surface area contributed by atoms with Crippen LogP contribution < -0.4 is 5.32 Å². The zero-order valence-corrected chi connectivity index (χ0v) is 11.3. The van der Waals surface area contributed by atoms with Crippen LogP contribution in [0.5, 0.6) is 0 Å². The highest BCUT2D eigenvalue weighted by molar-refractivity contribution is 4.89. The highest BCUT2D eigenvalue weighted by Gasteiger charge is 2.34. The molecule has 1 aliphatic heterocycles. The molecular weight excluding hydrogens is 212 g/mol. The largest absolute Gasteiger partial charge is 0.385 e. The number of nitrogens with zero attached hydrogens (tertiary/aromatic N) is 1. The maximum absolute atomic E-state index is 5.04. The molecule has 1 aliphatic carbocycles. The Labute approximate surface area is 106 Å². The summed E-state index contributed by atoms with van der Waals surface area (Å²) in [6, 6.07) is 0.921. The summed E-state index contributed by atoms with van der Waals surface area (Å²) >= 11 is 0. The smallest absolute Gasteiger partial charge is 0.0474 e. The van der Waals surface area contributed by atoms with Crippen molar-refractivity contribution < 1.29 is 4.74 Å². The van der Waals surface area contributed by atoms with Crippen LogP contribution in [0.25, 0.3) is 0 Å². The summed E-state index contributed by atoms with van der Waals surface area (Å²) in [6.07, 6.45) is 8.46. The van der Waals surface area contributed by atoms with Crippen LogP contribution in [-0.2, 0) is 4.74 Å². The van der Waals surface area contributed by atoms with Crippen molar-refractivity contribution in [1.29, 1.82) is 0 Å². The van der Waals surface area contributed by atoms with Crippen molar-refractivity contribution in [2.45, 2.75) is 44.6 Å². The van der Waals surface area contributed by atoms with Crippen molar-refractivity contribution in [3.8, 4) is 0 Å². The van der Waals surface area contributed by atoms with Crippen LogP contribution in [0.3, 0.4) is 0 Å². The molecule has 0 spiro atoms. The standard InChI is InChI=1S/C14H28N2O/c1-17-12-4-8-15-9-11-16-10-7-13-5-2-3-6-14(13)16/h13-15H,2-12H2,1H3. The molecule has 0 aromatic heterocycles. The van der Waals surface area contributed by atoms with E-state index in [0.717, 1.165) is 38.1 Å². The summed E-state index contributed by atoms with van der Waals surface area (Å²) in [6.45, 7) is 5.70. The lowest BCUT2D eigenvalue weighted by Gasteiger charge is -2.31. The SMILES string of the molecule is COCCCNCCN1CCC2CCCCC21. The molecule has 1 heterocycles. The number of methoxy groups -OCH3 is 1. The third kappa shape index (κ3) is 3.94. The van der Waals surface area contributed by atoms with Crippen LogP contribution >= 0.6 is 0 Å². The van der Waals surface area contributed by atoms with Gasteiger partial charge in [0.05, 0.1) is 0 Å². The molecule has 2 atom stereocenters. The van der Waals surface area contributed by atoms with Gasteiger partial charge in [0.1, 0.15) is 0 Å². The first-order valence-corrected chi connectivity index (χ1v) is 7.35. The molecule has 1 N–H and O–H groups in total. The van der Waals surface area contributed by atoms with Gasteiger partial charge in [-0.25, -0.2) is 0 Å². The van der Waals surface area contributed by atoms with Crippen LogP contribution in [0.15, 0.2) is 0 Å². The minimum absolute atomic E-state index is 0.876. The predicted molar refractivity (Wildman–Crippen MR) is 71.3 cm³/mol. The van der Waals surface area contributed by atoms with E-state index in [9.17, 15) is 0 Å². The maximum Gasteiger partial charge on any atom is 0.0474 e. The second-order valence-electron chi connectivity index (χ2n) is 5.53. The lowest BCUT2D eigenvalue weighted by molar-refractivity contribution is 0.179. The van der Waals surface area contributed by atoms with Crippen molar-refractivity contribution in [3.63, 3.8) is 0 Å². The van der Waals surface area contributed by atoms with Gasteiger partial charge in [0.25, 0.3) is 0 Å². The van der Waals surface area contributed by atoms with Crippen molar-refractivity contribution in [3.05, 3.63) is 0 Å². The van der Waals surface area contributed by atoms with E-state index in [1.54, 1.807) is 7.11 Å². The zero-order valence-electron chi connectivity index (χ0n) is 11.3. The number of fused-ring (bicyclic) bond motifs is 1. The number of nitrogens with one attached hydrogen (secondary N) is 1. The monoisotopic (exact) mass is 240 g/mol. The van der Waals surface area contributed by atoms with Gasteiger partial charge >= 0.3 is 0 Å². The fraction of sp³-hybridized carbons (Fsp3) is 1.00. The van der Waals surface area contributed by atoms with Gasteiger partial charge in [-0.3, -0.25) is 4.90 Å². The van der Waals surface area contributed by atoms with Gasteiger partial charge in [0.15, 0.2) is 0 Å². The van der Waals surface area contributed by atoms with Crippen molar-refractivity contribution in [2.75, 3.05) is 39.9 Å². The van der Waals surface area contributed by atoms with Crippen LogP contribution in [0.2, 0.25) is 0 Å². The van der Waals surface area contributed by atoms with Crippen LogP contribution in [0, 0.1) is 5.92 Å². The van der Waals surface area contributed by atoms with E-state index in [-0.39, 0.29) is 0 Å². The van der Waals surface area contributed by atoms with Crippen molar-refractivity contribution >= 4 is 0 Å². The highest BCUT2D eigenvalue weighted by Crippen LogP contribution is 2.35. The van der Waals surface area contributed by atoms with Gasteiger partial charge in [0, 0.05) is 32.8 Å². The molecule has 1 saturated carbocycles. The van der Waals surface area contributed by atoms with Crippen LogP contribution in [0.1, 0.15) is 38.5 Å². The Hall–Kier alpha value is -0.120. The molecule has 0 aromatic carbocycles. The average Bonchev–Trinajstić information content (AvgIpc) is 2.77. The number of hydrogen-bond acceptors (Lipinski definition) is 3. The summed E-state index contributed by atoms with van der Waals surface area (Å²) in [7, 11) is 1.77. The first kappa shape index (κ1) is 13.3. The molecule has 2 unspecified atom stereocenters. The zero-order chi connectivity index (χ0) is 11.9. The maximum atomic E-state index is 5.04. The molecule has 0 amide bonds. The van der Waals surface area contributed by atoms with Gasteiger partial charge in [-0.05, 0) is 44.7 Å². The van der Waals surface area contributed by atoms with E-state index in [1.807, 2.05) is 0 Å². The van der Waals surface area contributed by atoms with E-state index in [0.29, 0.717) is 0 Å². The summed E-state index contributed by atoms with van der Waals surface area (Å²) in [5.74, 6) is 1.03. The van der Waals surface area contributed by atoms with Crippen LogP contribution in [-0.4, -0.2) is 50.8 Å². The molecule has 1 saturated heterocycles. The van der Waals surface area contributed by atoms with E-state index >= 15 is 0 Å². The molecule has 0 bridgehead atoms. The van der Waals surface area contributed by atoms with Gasteiger partial charge in [-0.1, -0.05) is 12.8 Å². The van der Waals surface area contributed by atoms with Gasteiger partial charge in [-0.15, -0.1) is 0 Å². The summed E-state index contributed by atoms with van der Waals surface area (Å²) in [4.78, 5) is 2.73. The quantitative estimate of drug-likeness (QED) is 0.688. The average molecular weight is 240 g/mol. The first-order valence-electron chi connectivity index (χ1n) is 7.35. The number of likely N-dealkylation sites (tertiary alicyclic amines) is 1. The lowest BCUT2D eigenvalue weighted by Crippen LogP contribution is -2.39. The van der Waals surface area contributed by atoms with Gasteiger partial charge < -0.3 is 10.1 Å². The second kappa shape index (κ2) is 7.34. The summed E-state index contributed by atoms with van der Waals surface area (Å²) < 4.78 is 5.04. The minimum atomic E-state index is 0.876. The molecule has 17 heavy (non-hydrogen) atoms. The molecule has 0 aromatic rings. The van der Waals surface area contributed by atoms with E-state index in [2.05, 4.69) is 10.2 Å². The molecule has 0 radical (unpaired) electrons. The Morgan fingerprint density at radius 2 is 2.06 bits per heavy atom. The summed E-state index contributed by atoms with van der Waals surface area (Å²) in [5, 5.41) is 3.52. The van der Waals surface area contributed by atoms with E-state index in [4.69, 9.17) is 4.74 Å². The fourth-order valence-electron chi connectivity index (χ4n) is 3.47. The Kier molecular flexibility index (Phi) is 5.75. The fourth-order valence-corrected chi connectivity index (χ4v) is 3.47. The molecule has 2 aliphatic rings. The molecule has 3 heteroatoms. The van der Waals surface area contributed by atoms with E-state index in [1.165, 1.54) is 45.2 Å². The van der Waals surface area contributed by atoms with Gasteiger partial charge in [0.2, 0.25) is 0 Å². The number of hydrogen-bond donors (Lipinski definition) is 1. The molecule has 2 rings (SSSR count). The van der Waals surface area contributed by atoms with Crippen molar-refractivity contribution in [2.24, 2.45) is 5.92 Å².